The van der Waals surface area contributed by atoms with E-state index >= 15 is 0 Å². The zero-order valence-electron chi connectivity index (χ0n) is 19.4. The molecule has 0 saturated carbocycles. The predicted octanol–water partition coefficient (Wildman–Crippen LogP) is 3.91. The van der Waals surface area contributed by atoms with Gasteiger partial charge >= 0.3 is 0 Å². The summed E-state index contributed by atoms with van der Waals surface area (Å²) in [6, 6.07) is 11.5. The summed E-state index contributed by atoms with van der Waals surface area (Å²) in [6.45, 7) is 7.55. The Labute approximate surface area is 192 Å². The van der Waals surface area contributed by atoms with Crippen LogP contribution < -0.4 is 0 Å². The molecule has 3 aromatic heterocycles. The molecule has 0 atom stereocenters. The summed E-state index contributed by atoms with van der Waals surface area (Å²) in [6.07, 6.45) is 5.52. The number of carbonyl (C=O) groups excluding carboxylic acids is 1. The molecule has 33 heavy (non-hydrogen) atoms. The number of pyridine rings is 1. The van der Waals surface area contributed by atoms with Crippen LogP contribution >= 0.6 is 0 Å². The van der Waals surface area contributed by atoms with E-state index in [9.17, 15) is 10.1 Å². The van der Waals surface area contributed by atoms with E-state index in [1.54, 1.807) is 33.9 Å². The molecule has 8 nitrogen and oxygen atoms in total. The van der Waals surface area contributed by atoms with E-state index in [4.69, 9.17) is 0 Å². The van der Waals surface area contributed by atoms with Crippen molar-refractivity contribution in [3.8, 4) is 23.0 Å². The minimum atomic E-state index is -0.660. The van der Waals surface area contributed by atoms with Gasteiger partial charge in [0.15, 0.2) is 5.78 Å². The Morgan fingerprint density at radius 1 is 1.18 bits per heavy atom. The molecule has 166 valence electrons. The molecule has 0 fully saturated rings. The van der Waals surface area contributed by atoms with Gasteiger partial charge in [-0.05, 0) is 51.0 Å². The molecule has 0 unspecified atom stereocenters. The number of hydrogen-bond donors (Lipinski definition) is 0. The number of benzene rings is 1. The number of rotatable bonds is 6. The Kier molecular flexibility index (Phi) is 5.64. The highest BCUT2D eigenvalue weighted by Crippen LogP contribution is 2.24. The first-order chi connectivity index (χ1) is 15.7. The third kappa shape index (κ3) is 4.30. The van der Waals surface area contributed by atoms with Crippen LogP contribution in [0.25, 0.3) is 16.9 Å². The molecule has 0 amide bonds. The quantitative estimate of drug-likeness (QED) is 0.422. The van der Waals surface area contributed by atoms with Crippen molar-refractivity contribution in [3.05, 3.63) is 77.0 Å². The number of hydrogen-bond acceptors (Lipinski definition) is 6. The number of nitriles is 1. The predicted molar refractivity (Wildman–Crippen MR) is 124 cm³/mol. The summed E-state index contributed by atoms with van der Waals surface area (Å²) in [5.74, 6) is -0.0348. The molecular formula is C25H25N7O. The lowest BCUT2D eigenvalue weighted by atomic mass is 9.85. The van der Waals surface area contributed by atoms with Gasteiger partial charge in [-0.15, -0.1) is 5.10 Å². The van der Waals surface area contributed by atoms with Gasteiger partial charge in [-0.2, -0.15) is 10.4 Å². The van der Waals surface area contributed by atoms with Crippen molar-refractivity contribution in [2.45, 2.75) is 39.5 Å². The monoisotopic (exact) mass is 439 g/mol. The highest BCUT2D eigenvalue weighted by atomic mass is 16.1. The normalized spacial score (nSPS) is 11.4. The Bertz CT molecular complexity index is 1390. The lowest BCUT2D eigenvalue weighted by Gasteiger charge is -2.16. The van der Waals surface area contributed by atoms with Crippen molar-refractivity contribution in [2.75, 3.05) is 0 Å². The van der Waals surface area contributed by atoms with Crippen LogP contribution in [-0.2, 0) is 18.9 Å². The fraction of sp³-hybridized carbons (Fsp3) is 0.280. The summed E-state index contributed by atoms with van der Waals surface area (Å²) in [5, 5.41) is 22.2. The molecule has 0 aliphatic carbocycles. The Morgan fingerprint density at radius 3 is 2.67 bits per heavy atom. The zero-order valence-corrected chi connectivity index (χ0v) is 19.4. The minimum Gasteiger partial charge on any atom is -0.294 e. The molecule has 0 saturated heterocycles. The Hall–Kier alpha value is -4.12. The van der Waals surface area contributed by atoms with E-state index < -0.39 is 5.41 Å². The third-order valence-corrected chi connectivity index (χ3v) is 5.92. The minimum absolute atomic E-state index is 0.0348. The number of aromatic nitrogens is 6. The van der Waals surface area contributed by atoms with Crippen LogP contribution in [-0.4, -0.2) is 35.5 Å². The van der Waals surface area contributed by atoms with Crippen molar-refractivity contribution in [1.29, 1.82) is 5.26 Å². The van der Waals surface area contributed by atoms with Gasteiger partial charge in [0.2, 0.25) is 0 Å². The summed E-state index contributed by atoms with van der Waals surface area (Å²) in [7, 11) is 1.88. The molecule has 0 N–H and O–H groups in total. The van der Waals surface area contributed by atoms with Crippen LogP contribution in [0.4, 0.5) is 0 Å². The molecule has 0 aliphatic heterocycles. The van der Waals surface area contributed by atoms with Crippen molar-refractivity contribution >= 4 is 5.78 Å². The van der Waals surface area contributed by atoms with E-state index in [0.717, 1.165) is 39.5 Å². The third-order valence-electron chi connectivity index (χ3n) is 5.92. The first-order valence-electron chi connectivity index (χ1n) is 10.6. The molecule has 1 aromatic carbocycles. The van der Waals surface area contributed by atoms with E-state index in [0.29, 0.717) is 5.56 Å². The molecule has 0 radical (unpaired) electrons. The highest BCUT2D eigenvalue weighted by Gasteiger charge is 2.21. The average molecular weight is 440 g/mol. The largest absolute Gasteiger partial charge is 0.294 e. The van der Waals surface area contributed by atoms with E-state index in [-0.39, 0.29) is 12.2 Å². The second-order valence-corrected chi connectivity index (χ2v) is 8.68. The fourth-order valence-electron chi connectivity index (χ4n) is 3.58. The highest BCUT2D eigenvalue weighted by molar-refractivity contribution is 5.97. The SMILES string of the molecule is Cc1ncc(CC(=O)c2cccc(C(C)(C)C#N)c2)cc1-n1cc(-c2cnn(C)c2C)nn1. The van der Waals surface area contributed by atoms with Crippen LogP contribution in [0, 0.1) is 25.2 Å². The van der Waals surface area contributed by atoms with Gasteiger partial charge in [-0.25, -0.2) is 4.68 Å². The van der Waals surface area contributed by atoms with Crippen molar-refractivity contribution in [2.24, 2.45) is 7.05 Å². The molecule has 0 aliphatic rings. The van der Waals surface area contributed by atoms with Gasteiger partial charge in [0.1, 0.15) is 5.69 Å². The maximum Gasteiger partial charge on any atom is 0.167 e. The zero-order chi connectivity index (χ0) is 23.8. The second kappa shape index (κ2) is 8.43. The number of carbonyl (C=O) groups is 1. The molecule has 8 heteroatoms. The van der Waals surface area contributed by atoms with Gasteiger partial charge in [-0.3, -0.25) is 14.5 Å². The molecule has 4 aromatic rings. The van der Waals surface area contributed by atoms with Crippen LogP contribution in [0.1, 0.15) is 46.7 Å². The average Bonchev–Trinajstić information content (AvgIpc) is 3.42. The lowest BCUT2D eigenvalue weighted by molar-refractivity contribution is 0.0992. The van der Waals surface area contributed by atoms with E-state index in [1.165, 1.54) is 0 Å². The van der Waals surface area contributed by atoms with Gasteiger partial charge in [0, 0.05) is 36.5 Å². The van der Waals surface area contributed by atoms with Gasteiger partial charge in [0.25, 0.3) is 0 Å². The van der Waals surface area contributed by atoms with Crippen molar-refractivity contribution in [3.63, 3.8) is 0 Å². The second-order valence-electron chi connectivity index (χ2n) is 8.68. The summed E-state index contributed by atoms with van der Waals surface area (Å²) < 4.78 is 3.47. The molecule has 3 heterocycles. The number of aryl methyl sites for hydroxylation is 2. The topological polar surface area (TPSA) is 102 Å². The summed E-state index contributed by atoms with van der Waals surface area (Å²) in [5.41, 5.74) is 5.69. The van der Waals surface area contributed by atoms with E-state index in [1.807, 2.05) is 59.1 Å². The maximum absolute atomic E-state index is 13.0. The first-order valence-corrected chi connectivity index (χ1v) is 10.6. The maximum atomic E-state index is 13.0. The van der Waals surface area contributed by atoms with Crippen LogP contribution in [0.3, 0.4) is 0 Å². The molecule has 4 rings (SSSR count). The molecular weight excluding hydrogens is 414 g/mol. The fourth-order valence-corrected chi connectivity index (χ4v) is 3.58. The van der Waals surface area contributed by atoms with E-state index in [2.05, 4.69) is 26.5 Å². The van der Waals surface area contributed by atoms with Crippen molar-refractivity contribution < 1.29 is 4.79 Å². The summed E-state index contributed by atoms with van der Waals surface area (Å²) >= 11 is 0. The standard InChI is InChI=1S/C25H25N7O/c1-16-23(32-14-22(29-30-32)21-13-28-31(5)17(21)2)9-18(12-27-16)10-24(33)19-7-6-8-20(11-19)25(3,4)15-26/h6-9,11-14H,10H2,1-5H3. The number of Topliss-reactive ketones (excluding diaryl/α,β-unsaturated/α-hetero) is 1. The van der Waals surface area contributed by atoms with Crippen LogP contribution in [0.5, 0.6) is 0 Å². The number of nitrogens with zero attached hydrogens (tertiary/aromatic N) is 7. The van der Waals surface area contributed by atoms with Crippen molar-refractivity contribution in [1.82, 2.24) is 29.8 Å². The Morgan fingerprint density at radius 2 is 1.97 bits per heavy atom. The molecule has 0 spiro atoms. The molecule has 0 bridgehead atoms. The van der Waals surface area contributed by atoms with Crippen LogP contribution in [0.15, 0.2) is 48.9 Å². The van der Waals surface area contributed by atoms with Gasteiger partial charge in [-0.1, -0.05) is 23.4 Å². The summed E-state index contributed by atoms with van der Waals surface area (Å²) in [4.78, 5) is 17.5. The lowest BCUT2D eigenvalue weighted by Crippen LogP contribution is -2.15. The van der Waals surface area contributed by atoms with Gasteiger partial charge in [0.05, 0.1) is 35.3 Å². The smallest absolute Gasteiger partial charge is 0.167 e. The first kappa shape index (κ1) is 22.1. The number of ketones is 1. The Balaban J connectivity index is 1.60. The van der Waals surface area contributed by atoms with Crippen LogP contribution in [0.2, 0.25) is 0 Å². The van der Waals surface area contributed by atoms with Gasteiger partial charge < -0.3 is 0 Å².